The van der Waals surface area contributed by atoms with Gasteiger partial charge in [0.2, 0.25) is 10.0 Å². The van der Waals surface area contributed by atoms with E-state index in [1.54, 1.807) is 12.1 Å². The van der Waals surface area contributed by atoms with Gasteiger partial charge in [-0.3, -0.25) is 10.1 Å². The number of hydrogen-bond donors (Lipinski definition) is 2. The number of amides is 1. The molecule has 0 fully saturated rings. The normalized spacial score (nSPS) is 11.0. The number of methoxy groups -OCH3 is 1. The molecular formula is C24H23N3O5S2. The van der Waals surface area contributed by atoms with Gasteiger partial charge in [-0.05, 0) is 66.3 Å². The number of ether oxygens (including phenoxy) is 1. The molecule has 0 aliphatic carbocycles. The minimum Gasteiger partial charge on any atom is -0.465 e. The first-order valence-corrected chi connectivity index (χ1v) is 12.0. The monoisotopic (exact) mass is 497 g/mol. The molecule has 10 heteroatoms. The summed E-state index contributed by atoms with van der Waals surface area (Å²) in [6.07, 6.45) is 0. The Labute approximate surface area is 203 Å². The molecule has 0 saturated heterocycles. The molecule has 3 aromatic carbocycles. The van der Waals surface area contributed by atoms with Crippen molar-refractivity contribution in [2.24, 2.45) is 0 Å². The van der Waals surface area contributed by atoms with E-state index in [0.29, 0.717) is 16.8 Å². The Bertz CT molecular complexity index is 1280. The fourth-order valence-electron chi connectivity index (χ4n) is 3.03. The topological polar surface area (TPSA) is 105 Å². The summed E-state index contributed by atoms with van der Waals surface area (Å²) in [6, 6.07) is 21.3. The maximum absolute atomic E-state index is 12.9. The van der Waals surface area contributed by atoms with Crippen LogP contribution in [0.5, 0.6) is 0 Å². The molecule has 3 aromatic rings. The number of benzene rings is 3. The molecule has 0 aliphatic rings. The number of anilines is 1. The zero-order valence-electron chi connectivity index (χ0n) is 18.5. The fraction of sp³-hybridized carbons (Fsp3) is 0.125. The minimum absolute atomic E-state index is 0.0406. The molecule has 2 N–H and O–H groups in total. The highest BCUT2D eigenvalue weighted by Crippen LogP contribution is 2.19. The van der Waals surface area contributed by atoms with Crippen LogP contribution < -0.4 is 10.6 Å². The number of hydrogen-bond acceptors (Lipinski definition) is 6. The fourth-order valence-corrected chi connectivity index (χ4v) is 4.40. The Morgan fingerprint density at radius 2 is 1.50 bits per heavy atom. The molecule has 0 aromatic heterocycles. The minimum atomic E-state index is -3.68. The Balaban J connectivity index is 1.59. The van der Waals surface area contributed by atoms with E-state index in [1.807, 2.05) is 30.3 Å². The molecule has 0 bridgehead atoms. The van der Waals surface area contributed by atoms with Crippen LogP contribution in [0.1, 0.15) is 26.3 Å². The maximum Gasteiger partial charge on any atom is 0.337 e. The van der Waals surface area contributed by atoms with Crippen molar-refractivity contribution in [3.8, 4) is 0 Å². The summed E-state index contributed by atoms with van der Waals surface area (Å²) < 4.78 is 31.6. The largest absolute Gasteiger partial charge is 0.465 e. The van der Waals surface area contributed by atoms with Crippen LogP contribution in [0.15, 0.2) is 83.8 Å². The molecule has 0 radical (unpaired) electrons. The molecule has 3 rings (SSSR count). The van der Waals surface area contributed by atoms with Crippen molar-refractivity contribution in [2.45, 2.75) is 11.4 Å². The summed E-state index contributed by atoms with van der Waals surface area (Å²) in [5, 5.41) is 5.42. The zero-order chi connectivity index (χ0) is 24.7. The molecule has 0 aliphatic heterocycles. The highest BCUT2D eigenvalue weighted by molar-refractivity contribution is 7.89. The van der Waals surface area contributed by atoms with Crippen molar-refractivity contribution in [3.05, 3.63) is 95.6 Å². The number of esters is 1. The van der Waals surface area contributed by atoms with E-state index in [-0.39, 0.29) is 16.6 Å². The van der Waals surface area contributed by atoms with Crippen molar-refractivity contribution < 1.29 is 22.7 Å². The lowest BCUT2D eigenvalue weighted by molar-refractivity contribution is 0.0600. The van der Waals surface area contributed by atoms with Crippen molar-refractivity contribution in [1.29, 1.82) is 0 Å². The second-order valence-electron chi connectivity index (χ2n) is 7.25. The average Bonchev–Trinajstić information content (AvgIpc) is 2.84. The average molecular weight is 498 g/mol. The molecular weight excluding hydrogens is 474 g/mol. The molecule has 0 unspecified atom stereocenters. The molecule has 0 saturated carbocycles. The van der Waals surface area contributed by atoms with Crippen LogP contribution in [-0.4, -0.2) is 43.9 Å². The van der Waals surface area contributed by atoms with Gasteiger partial charge in [-0.15, -0.1) is 0 Å². The first kappa shape index (κ1) is 25.0. The van der Waals surface area contributed by atoms with Crippen LogP contribution in [0.3, 0.4) is 0 Å². The number of thiocarbonyl (C=S) groups is 1. The smallest absolute Gasteiger partial charge is 0.337 e. The van der Waals surface area contributed by atoms with Crippen LogP contribution >= 0.6 is 12.2 Å². The maximum atomic E-state index is 12.9. The number of rotatable bonds is 7. The molecule has 34 heavy (non-hydrogen) atoms. The van der Waals surface area contributed by atoms with Crippen molar-refractivity contribution >= 4 is 44.9 Å². The van der Waals surface area contributed by atoms with Crippen molar-refractivity contribution in [1.82, 2.24) is 9.62 Å². The van der Waals surface area contributed by atoms with Crippen molar-refractivity contribution in [3.63, 3.8) is 0 Å². The van der Waals surface area contributed by atoms with Gasteiger partial charge in [0.15, 0.2) is 5.11 Å². The van der Waals surface area contributed by atoms with Gasteiger partial charge >= 0.3 is 5.97 Å². The lowest BCUT2D eigenvalue weighted by Gasteiger charge is -2.17. The number of sulfonamides is 1. The molecule has 176 valence electrons. The Morgan fingerprint density at radius 1 is 0.912 bits per heavy atom. The lowest BCUT2D eigenvalue weighted by atomic mass is 10.1. The molecule has 0 atom stereocenters. The predicted molar refractivity (Wildman–Crippen MR) is 133 cm³/mol. The van der Waals surface area contributed by atoms with Gasteiger partial charge in [-0.2, -0.15) is 4.31 Å². The highest BCUT2D eigenvalue weighted by Gasteiger charge is 2.21. The zero-order valence-corrected chi connectivity index (χ0v) is 20.2. The van der Waals surface area contributed by atoms with Gasteiger partial charge < -0.3 is 10.1 Å². The summed E-state index contributed by atoms with van der Waals surface area (Å²) in [5.74, 6) is -0.962. The number of nitrogens with zero attached hydrogens (tertiary/aromatic N) is 1. The Hall–Kier alpha value is -3.60. The third-order valence-corrected chi connectivity index (χ3v) is 6.89. The summed E-state index contributed by atoms with van der Waals surface area (Å²) >= 11 is 5.18. The molecule has 1 amide bonds. The first-order valence-electron chi connectivity index (χ1n) is 10.1. The number of carbonyl (C=O) groups excluding carboxylic acids is 2. The van der Waals surface area contributed by atoms with E-state index in [2.05, 4.69) is 15.4 Å². The lowest BCUT2D eigenvalue weighted by Crippen LogP contribution is -2.34. The standard InChI is InChI=1S/C24H23N3O5S2/c1-27(16-17-6-4-3-5-7-17)34(30,31)21-14-12-20(13-15-21)25-24(33)26-22(28)18-8-10-19(11-9-18)23(29)32-2/h3-15H,16H2,1-2H3,(H2,25,26,28,33). The first-order chi connectivity index (χ1) is 16.2. The molecule has 0 heterocycles. The third-order valence-electron chi connectivity index (χ3n) is 4.86. The van der Waals surface area contributed by atoms with Gasteiger partial charge in [0.05, 0.1) is 17.6 Å². The summed E-state index contributed by atoms with van der Waals surface area (Å²) in [5.41, 5.74) is 2.02. The van der Waals surface area contributed by atoms with E-state index in [9.17, 15) is 18.0 Å². The van der Waals surface area contributed by atoms with Gasteiger partial charge in [-0.25, -0.2) is 13.2 Å². The van der Waals surface area contributed by atoms with Crippen LogP contribution in [0, 0.1) is 0 Å². The molecule has 0 spiro atoms. The second-order valence-corrected chi connectivity index (χ2v) is 9.70. The summed E-state index contributed by atoms with van der Waals surface area (Å²) in [7, 11) is -0.879. The summed E-state index contributed by atoms with van der Waals surface area (Å²) in [4.78, 5) is 24.0. The number of carbonyl (C=O) groups is 2. The third kappa shape index (κ3) is 6.25. The van der Waals surface area contributed by atoms with Crippen LogP contribution in [0.25, 0.3) is 0 Å². The Morgan fingerprint density at radius 3 is 2.09 bits per heavy atom. The van der Waals surface area contributed by atoms with Gasteiger partial charge in [-0.1, -0.05) is 30.3 Å². The SMILES string of the molecule is COC(=O)c1ccc(C(=O)NC(=S)Nc2ccc(S(=O)(=O)N(C)Cc3ccccc3)cc2)cc1. The molecule has 8 nitrogen and oxygen atoms in total. The van der Waals surface area contributed by atoms with E-state index >= 15 is 0 Å². The second kappa shape index (κ2) is 11.0. The van der Waals surface area contributed by atoms with E-state index < -0.39 is 21.9 Å². The van der Waals surface area contributed by atoms with Gasteiger partial charge in [0, 0.05) is 24.8 Å². The van der Waals surface area contributed by atoms with Crippen LogP contribution in [-0.2, 0) is 21.3 Å². The predicted octanol–water partition coefficient (Wildman–Crippen LogP) is 3.42. The quantitative estimate of drug-likeness (QED) is 0.381. The van der Waals surface area contributed by atoms with Gasteiger partial charge in [0.1, 0.15) is 0 Å². The van der Waals surface area contributed by atoms with Crippen LogP contribution in [0.2, 0.25) is 0 Å². The number of nitrogens with one attached hydrogen (secondary N) is 2. The van der Waals surface area contributed by atoms with E-state index in [1.165, 1.54) is 54.9 Å². The highest BCUT2D eigenvalue weighted by atomic mass is 32.2. The van der Waals surface area contributed by atoms with Crippen LogP contribution in [0.4, 0.5) is 5.69 Å². The van der Waals surface area contributed by atoms with Gasteiger partial charge in [0.25, 0.3) is 5.91 Å². The van der Waals surface area contributed by atoms with Crippen molar-refractivity contribution in [2.75, 3.05) is 19.5 Å². The van der Waals surface area contributed by atoms with E-state index in [0.717, 1.165) is 5.56 Å². The van der Waals surface area contributed by atoms with E-state index in [4.69, 9.17) is 12.2 Å². The Kier molecular flexibility index (Phi) is 8.11. The summed E-state index contributed by atoms with van der Waals surface area (Å²) in [6.45, 7) is 0.250.